The summed E-state index contributed by atoms with van der Waals surface area (Å²) in [5.74, 6) is 0. The van der Waals surface area contributed by atoms with E-state index in [9.17, 15) is 0 Å². The Bertz CT molecular complexity index is 634. The van der Waals surface area contributed by atoms with Crippen molar-refractivity contribution in [1.29, 1.82) is 0 Å². The van der Waals surface area contributed by atoms with Gasteiger partial charge in [-0.1, -0.05) is 72.8 Å². The fourth-order valence-corrected chi connectivity index (χ4v) is 4.67. The molecule has 2 aromatic rings. The monoisotopic (exact) mass is 266 g/mol. The third-order valence-electron chi connectivity index (χ3n) is 3.96. The molecule has 0 saturated carbocycles. The summed E-state index contributed by atoms with van der Waals surface area (Å²) in [6.07, 6.45) is 9.30. The molecule has 2 radical (unpaired) electrons. The maximum atomic E-state index is 2.37. The molecule has 2 aromatic carbocycles. The van der Waals surface area contributed by atoms with Crippen LogP contribution < -0.4 is 18.9 Å². The molecule has 0 saturated heterocycles. The Labute approximate surface area is 136 Å². The van der Waals surface area contributed by atoms with Gasteiger partial charge in [0, 0.05) is 0 Å². The van der Waals surface area contributed by atoms with Gasteiger partial charge in [0.1, 0.15) is 0 Å². The van der Waals surface area contributed by atoms with Gasteiger partial charge in [0.15, 0.2) is 0 Å². The SMILES string of the molecule is C1=CC([Si]C2C=Cc3ccccc32)c2ccccc21.[H-].[Li+]. The minimum Gasteiger partial charge on any atom is -1.00 e. The number of fused-ring (bicyclic) bond motifs is 2. The molecule has 20 heavy (non-hydrogen) atoms. The quantitative estimate of drug-likeness (QED) is 0.720. The van der Waals surface area contributed by atoms with E-state index in [4.69, 9.17) is 0 Å². The summed E-state index contributed by atoms with van der Waals surface area (Å²) in [4.78, 5) is 0. The van der Waals surface area contributed by atoms with Crippen LogP contribution in [0, 0.1) is 0 Å². The van der Waals surface area contributed by atoms with E-state index in [0.29, 0.717) is 11.1 Å². The molecule has 2 aliphatic carbocycles. The van der Waals surface area contributed by atoms with Crippen LogP contribution in [-0.4, -0.2) is 9.52 Å². The maximum Gasteiger partial charge on any atom is 1.00 e. The van der Waals surface area contributed by atoms with Crippen molar-refractivity contribution < 1.29 is 20.3 Å². The second-order valence-corrected chi connectivity index (χ2v) is 6.68. The van der Waals surface area contributed by atoms with Gasteiger partial charge in [-0.25, -0.2) is 0 Å². The summed E-state index contributed by atoms with van der Waals surface area (Å²) in [5, 5.41) is 0. The van der Waals surface area contributed by atoms with Crippen molar-refractivity contribution in [3.05, 3.63) is 82.9 Å². The predicted octanol–water partition coefficient (Wildman–Crippen LogP) is 1.34. The molecule has 0 nitrogen and oxygen atoms in total. The van der Waals surface area contributed by atoms with E-state index in [1.54, 1.807) is 0 Å². The average Bonchev–Trinajstić information content (AvgIpc) is 3.05. The molecule has 0 aliphatic heterocycles. The number of rotatable bonds is 2. The Morgan fingerprint density at radius 1 is 0.700 bits per heavy atom. The molecule has 0 heterocycles. The zero-order valence-corrected chi connectivity index (χ0v) is 12.6. The minimum absolute atomic E-state index is 0. The van der Waals surface area contributed by atoms with Gasteiger partial charge in [0.05, 0.1) is 9.52 Å². The van der Waals surface area contributed by atoms with Gasteiger partial charge >= 0.3 is 18.9 Å². The van der Waals surface area contributed by atoms with Crippen molar-refractivity contribution in [2.75, 3.05) is 0 Å². The largest absolute Gasteiger partial charge is 1.00 e. The molecule has 2 heteroatoms. The molecule has 0 spiro atoms. The van der Waals surface area contributed by atoms with Gasteiger partial charge in [0.2, 0.25) is 0 Å². The van der Waals surface area contributed by atoms with E-state index in [0.717, 1.165) is 9.52 Å². The fourth-order valence-electron chi connectivity index (χ4n) is 2.98. The van der Waals surface area contributed by atoms with Crippen LogP contribution in [0.3, 0.4) is 0 Å². The van der Waals surface area contributed by atoms with Gasteiger partial charge in [-0.05, 0) is 33.3 Å². The van der Waals surface area contributed by atoms with Crippen LogP contribution >= 0.6 is 0 Å². The summed E-state index contributed by atoms with van der Waals surface area (Å²) in [7, 11) is 0.900. The minimum atomic E-state index is 0. The molecule has 0 aromatic heterocycles. The van der Waals surface area contributed by atoms with E-state index in [1.807, 2.05) is 0 Å². The zero-order valence-electron chi connectivity index (χ0n) is 12.6. The summed E-state index contributed by atoms with van der Waals surface area (Å²) in [6.45, 7) is 0. The molecular formula is C18H15LiSi. The molecule has 4 rings (SSSR count). The van der Waals surface area contributed by atoms with Crippen LogP contribution in [0.4, 0.5) is 0 Å². The predicted molar refractivity (Wildman–Crippen MR) is 83.3 cm³/mol. The summed E-state index contributed by atoms with van der Waals surface area (Å²) in [5.41, 5.74) is 6.98. The Balaban J connectivity index is 0.000000807. The van der Waals surface area contributed by atoms with Gasteiger partial charge in [-0.2, -0.15) is 0 Å². The van der Waals surface area contributed by atoms with Crippen molar-refractivity contribution >= 4 is 21.7 Å². The molecule has 0 bridgehead atoms. The van der Waals surface area contributed by atoms with Crippen LogP contribution in [0.2, 0.25) is 0 Å². The smallest absolute Gasteiger partial charge is 1.00 e. The van der Waals surface area contributed by atoms with Crippen LogP contribution in [0.15, 0.2) is 60.7 Å². The summed E-state index contributed by atoms with van der Waals surface area (Å²) in [6, 6.07) is 17.5. The number of hydrogen-bond donors (Lipinski definition) is 0. The van der Waals surface area contributed by atoms with Crippen LogP contribution in [-0.2, 0) is 0 Å². The molecule has 0 amide bonds. The second-order valence-electron chi connectivity index (χ2n) is 5.10. The molecule has 2 atom stereocenters. The Hall–Kier alpha value is -1.27. The number of benzene rings is 2. The molecule has 92 valence electrons. The third kappa shape index (κ3) is 2.27. The fraction of sp³-hybridized carbons (Fsp3) is 0.111. The Kier molecular flexibility index (Phi) is 3.85. The Morgan fingerprint density at radius 2 is 1.15 bits per heavy atom. The summed E-state index contributed by atoms with van der Waals surface area (Å²) >= 11 is 0. The van der Waals surface area contributed by atoms with Gasteiger partial charge < -0.3 is 1.43 Å². The van der Waals surface area contributed by atoms with Crippen LogP contribution in [0.25, 0.3) is 12.2 Å². The first-order chi connectivity index (χ1) is 9.42. The maximum absolute atomic E-state index is 2.37. The second kappa shape index (κ2) is 5.62. The molecular weight excluding hydrogens is 251 g/mol. The normalized spacial score (nSPS) is 21.4. The van der Waals surface area contributed by atoms with Crippen LogP contribution in [0.1, 0.15) is 34.8 Å². The van der Waals surface area contributed by atoms with E-state index in [2.05, 4.69) is 72.8 Å². The molecule has 2 unspecified atom stereocenters. The Morgan fingerprint density at radius 3 is 1.65 bits per heavy atom. The molecule has 0 fully saturated rings. The molecule has 0 N–H and O–H groups in total. The third-order valence-corrected chi connectivity index (χ3v) is 5.68. The summed E-state index contributed by atoms with van der Waals surface area (Å²) < 4.78 is 0. The average molecular weight is 266 g/mol. The number of hydrogen-bond acceptors (Lipinski definition) is 0. The first-order valence-corrected chi connectivity index (χ1v) is 7.87. The van der Waals surface area contributed by atoms with Crippen molar-refractivity contribution in [3.8, 4) is 0 Å². The van der Waals surface area contributed by atoms with Gasteiger partial charge in [-0.3, -0.25) is 0 Å². The van der Waals surface area contributed by atoms with Gasteiger partial charge in [-0.15, -0.1) is 0 Å². The first kappa shape index (κ1) is 13.7. The van der Waals surface area contributed by atoms with E-state index < -0.39 is 0 Å². The topological polar surface area (TPSA) is 0 Å². The zero-order chi connectivity index (χ0) is 12.7. The van der Waals surface area contributed by atoms with E-state index in [-0.39, 0.29) is 20.3 Å². The van der Waals surface area contributed by atoms with E-state index in [1.165, 1.54) is 22.3 Å². The first-order valence-electron chi connectivity index (χ1n) is 6.72. The van der Waals surface area contributed by atoms with Crippen molar-refractivity contribution in [1.82, 2.24) is 0 Å². The van der Waals surface area contributed by atoms with Crippen molar-refractivity contribution in [2.24, 2.45) is 0 Å². The van der Waals surface area contributed by atoms with Crippen molar-refractivity contribution in [2.45, 2.75) is 11.1 Å². The standard InChI is InChI=1S/C18H14Si.Li.H/c1-3-7-15-13(5-1)9-11-17(15)19-18-12-10-14-6-2-4-8-16(14)18;;/h1-12,17-18H;;/q;+1;-1. The van der Waals surface area contributed by atoms with Crippen molar-refractivity contribution in [3.63, 3.8) is 0 Å². The molecule has 2 aliphatic rings. The van der Waals surface area contributed by atoms with E-state index >= 15 is 0 Å². The van der Waals surface area contributed by atoms with Gasteiger partial charge in [0.25, 0.3) is 0 Å². The van der Waals surface area contributed by atoms with Crippen LogP contribution in [0.5, 0.6) is 0 Å². The number of allylic oxidation sites excluding steroid dienone is 2.